The van der Waals surface area contributed by atoms with Gasteiger partial charge in [0, 0.05) is 37.8 Å². The summed E-state index contributed by atoms with van der Waals surface area (Å²) in [5.74, 6) is -0.576. The first-order valence-electron chi connectivity index (χ1n) is 7.13. The van der Waals surface area contributed by atoms with Crippen molar-refractivity contribution in [1.82, 2.24) is 10.2 Å². The maximum atomic E-state index is 13.3. The minimum Gasteiger partial charge on any atom is -0.314 e. The lowest BCUT2D eigenvalue weighted by Gasteiger charge is -2.35. The van der Waals surface area contributed by atoms with Crippen LogP contribution in [0.1, 0.15) is 24.4 Å². The van der Waals surface area contributed by atoms with E-state index >= 15 is 0 Å². The molecule has 0 amide bonds. The number of benzene rings is 1. The van der Waals surface area contributed by atoms with Crippen molar-refractivity contribution in [1.29, 1.82) is 0 Å². The molecule has 1 fully saturated rings. The molecular formula is C15H20FN3O2. The molecule has 1 heterocycles. The van der Waals surface area contributed by atoms with Crippen LogP contribution in [0, 0.1) is 15.9 Å². The van der Waals surface area contributed by atoms with Gasteiger partial charge in [-0.3, -0.25) is 15.0 Å². The molecule has 1 aliphatic rings. The lowest BCUT2D eigenvalue weighted by molar-refractivity contribution is -0.386. The number of allylic oxidation sites excluding steroid dienone is 1. The molecule has 0 saturated carbocycles. The van der Waals surface area contributed by atoms with E-state index in [-0.39, 0.29) is 11.7 Å². The quantitative estimate of drug-likeness (QED) is 0.497. The van der Waals surface area contributed by atoms with Crippen LogP contribution in [-0.4, -0.2) is 36.0 Å². The van der Waals surface area contributed by atoms with E-state index in [1.165, 1.54) is 6.07 Å². The van der Waals surface area contributed by atoms with Crippen molar-refractivity contribution in [3.8, 4) is 0 Å². The Morgan fingerprint density at radius 3 is 2.81 bits per heavy atom. The Kier molecular flexibility index (Phi) is 5.41. The van der Waals surface area contributed by atoms with Crippen LogP contribution >= 0.6 is 0 Å². The van der Waals surface area contributed by atoms with Crippen LogP contribution in [0.4, 0.5) is 10.1 Å². The molecule has 1 aromatic carbocycles. The summed E-state index contributed by atoms with van der Waals surface area (Å²) >= 11 is 0. The molecule has 0 unspecified atom stereocenters. The smallest absolute Gasteiger partial charge is 0.277 e. The van der Waals surface area contributed by atoms with Crippen molar-refractivity contribution in [2.24, 2.45) is 0 Å². The highest BCUT2D eigenvalue weighted by Gasteiger charge is 2.28. The minimum absolute atomic E-state index is 0.0777. The van der Waals surface area contributed by atoms with E-state index in [1.54, 1.807) is 6.07 Å². The number of hydrogen-bond acceptors (Lipinski definition) is 4. The van der Waals surface area contributed by atoms with Crippen molar-refractivity contribution in [2.45, 2.75) is 18.9 Å². The van der Waals surface area contributed by atoms with Gasteiger partial charge in [0.25, 0.3) is 5.69 Å². The Balaban J connectivity index is 2.34. The Bertz CT molecular complexity index is 516. The summed E-state index contributed by atoms with van der Waals surface area (Å²) in [5.41, 5.74) is 0.452. The highest BCUT2D eigenvalue weighted by molar-refractivity contribution is 5.42. The third-order valence-electron chi connectivity index (χ3n) is 3.78. The first kappa shape index (κ1) is 15.6. The molecule has 6 heteroatoms. The summed E-state index contributed by atoms with van der Waals surface area (Å²) in [6.45, 7) is 7.10. The lowest BCUT2D eigenvalue weighted by atomic mass is 9.97. The highest BCUT2D eigenvalue weighted by atomic mass is 19.1. The Morgan fingerprint density at radius 2 is 2.19 bits per heavy atom. The van der Waals surface area contributed by atoms with Crippen LogP contribution in [0.25, 0.3) is 0 Å². The number of hydrogen-bond donors (Lipinski definition) is 1. The molecular weight excluding hydrogens is 273 g/mol. The molecule has 5 nitrogen and oxygen atoms in total. The molecule has 114 valence electrons. The highest BCUT2D eigenvalue weighted by Crippen LogP contribution is 2.33. The fourth-order valence-corrected chi connectivity index (χ4v) is 2.76. The van der Waals surface area contributed by atoms with E-state index in [4.69, 9.17) is 0 Å². The third-order valence-corrected chi connectivity index (χ3v) is 3.78. The Morgan fingerprint density at radius 1 is 1.48 bits per heavy atom. The van der Waals surface area contributed by atoms with Gasteiger partial charge in [0.15, 0.2) is 0 Å². The fraction of sp³-hybridized carbons (Fsp3) is 0.467. The maximum absolute atomic E-state index is 13.3. The van der Waals surface area contributed by atoms with Gasteiger partial charge in [0.2, 0.25) is 0 Å². The zero-order valence-electron chi connectivity index (χ0n) is 11.9. The van der Waals surface area contributed by atoms with Crippen molar-refractivity contribution in [3.63, 3.8) is 0 Å². The minimum atomic E-state index is -0.576. The van der Waals surface area contributed by atoms with Crippen molar-refractivity contribution in [2.75, 3.05) is 26.2 Å². The second kappa shape index (κ2) is 7.28. The summed E-state index contributed by atoms with van der Waals surface area (Å²) in [7, 11) is 0. The maximum Gasteiger partial charge on any atom is 0.277 e. The summed E-state index contributed by atoms with van der Waals surface area (Å²) in [6, 6.07) is 3.78. The van der Waals surface area contributed by atoms with Gasteiger partial charge in [-0.1, -0.05) is 6.08 Å². The number of halogens is 1. The van der Waals surface area contributed by atoms with Crippen LogP contribution < -0.4 is 5.32 Å². The van der Waals surface area contributed by atoms with E-state index in [1.807, 2.05) is 6.08 Å². The monoisotopic (exact) mass is 293 g/mol. The van der Waals surface area contributed by atoms with Crippen molar-refractivity contribution < 1.29 is 9.31 Å². The number of piperazine rings is 1. The van der Waals surface area contributed by atoms with Gasteiger partial charge in [-0.25, -0.2) is 4.39 Å². The van der Waals surface area contributed by atoms with E-state index in [2.05, 4.69) is 16.8 Å². The summed E-state index contributed by atoms with van der Waals surface area (Å²) in [6.07, 6.45) is 3.32. The predicted octanol–water partition coefficient (Wildman–Crippen LogP) is 2.65. The number of nitrogens with one attached hydrogen (secondary N) is 1. The first-order chi connectivity index (χ1) is 10.1. The van der Waals surface area contributed by atoms with Gasteiger partial charge < -0.3 is 5.32 Å². The van der Waals surface area contributed by atoms with Crippen LogP contribution in [0.3, 0.4) is 0 Å². The molecule has 0 aliphatic carbocycles. The SMILES string of the molecule is C=CCC[C@H](c1ccc(F)cc1[N+](=O)[O-])N1CCNCC1. The second-order valence-electron chi connectivity index (χ2n) is 5.13. The summed E-state index contributed by atoms with van der Waals surface area (Å²) < 4.78 is 13.3. The predicted molar refractivity (Wildman–Crippen MR) is 79.7 cm³/mol. The van der Waals surface area contributed by atoms with Gasteiger partial charge >= 0.3 is 0 Å². The van der Waals surface area contributed by atoms with Crippen LogP contribution in [0.2, 0.25) is 0 Å². The zero-order chi connectivity index (χ0) is 15.2. The molecule has 1 N–H and O–H groups in total. The molecule has 21 heavy (non-hydrogen) atoms. The third kappa shape index (κ3) is 3.86. The summed E-state index contributed by atoms with van der Waals surface area (Å²) in [4.78, 5) is 12.9. The first-order valence-corrected chi connectivity index (χ1v) is 7.13. The molecule has 1 atom stereocenters. The molecule has 0 bridgehead atoms. The van der Waals surface area contributed by atoms with Crippen molar-refractivity contribution >= 4 is 5.69 Å². The molecule has 0 radical (unpaired) electrons. The second-order valence-corrected chi connectivity index (χ2v) is 5.13. The zero-order valence-corrected chi connectivity index (χ0v) is 11.9. The van der Waals surface area contributed by atoms with E-state index < -0.39 is 10.7 Å². The van der Waals surface area contributed by atoms with E-state index in [0.717, 1.165) is 45.1 Å². The standard InChI is InChI=1S/C15H20FN3O2/c1-2-3-4-14(18-9-7-17-8-10-18)13-6-5-12(16)11-15(13)19(20)21/h2,5-6,11,14,17H,1,3-4,7-10H2/t14-/m1/s1. The number of rotatable bonds is 6. The largest absolute Gasteiger partial charge is 0.314 e. The van der Waals surface area contributed by atoms with Crippen LogP contribution in [-0.2, 0) is 0 Å². The molecule has 1 saturated heterocycles. The van der Waals surface area contributed by atoms with Gasteiger partial charge in [-0.05, 0) is 25.0 Å². The van der Waals surface area contributed by atoms with Gasteiger partial charge in [-0.15, -0.1) is 6.58 Å². The Labute approximate surface area is 123 Å². The molecule has 2 rings (SSSR count). The number of nitrogens with zero attached hydrogens (tertiary/aromatic N) is 2. The number of nitro benzene ring substituents is 1. The Hall–Kier alpha value is -1.79. The van der Waals surface area contributed by atoms with Crippen LogP contribution in [0.15, 0.2) is 30.9 Å². The van der Waals surface area contributed by atoms with Gasteiger partial charge in [0.05, 0.1) is 11.0 Å². The average molecular weight is 293 g/mol. The molecule has 1 aromatic rings. The molecule has 0 spiro atoms. The number of nitro groups is 1. The lowest BCUT2D eigenvalue weighted by Crippen LogP contribution is -2.45. The van der Waals surface area contributed by atoms with Gasteiger partial charge in [0.1, 0.15) is 5.82 Å². The average Bonchev–Trinajstić information content (AvgIpc) is 2.49. The molecule has 0 aromatic heterocycles. The topological polar surface area (TPSA) is 58.4 Å². The molecule has 1 aliphatic heterocycles. The summed E-state index contributed by atoms with van der Waals surface area (Å²) in [5, 5.41) is 14.5. The van der Waals surface area contributed by atoms with E-state index in [9.17, 15) is 14.5 Å². The normalized spacial score (nSPS) is 17.4. The van der Waals surface area contributed by atoms with E-state index in [0.29, 0.717) is 5.56 Å². The van der Waals surface area contributed by atoms with Crippen LogP contribution in [0.5, 0.6) is 0 Å². The van der Waals surface area contributed by atoms with Gasteiger partial charge in [-0.2, -0.15) is 0 Å². The fourth-order valence-electron chi connectivity index (χ4n) is 2.76. The van der Waals surface area contributed by atoms with Crippen molar-refractivity contribution in [3.05, 3.63) is 52.3 Å².